The molecule has 1 N–H and O–H groups in total. The Kier molecular flexibility index (Phi) is 2.66. The molecule has 4 rings (SSSR count). The van der Waals surface area contributed by atoms with E-state index >= 15 is 0 Å². The molecule has 1 aliphatic heterocycles. The zero-order valence-electron chi connectivity index (χ0n) is 11.0. The predicted octanol–water partition coefficient (Wildman–Crippen LogP) is 3.21. The fourth-order valence-electron chi connectivity index (χ4n) is 3.99. The van der Waals surface area contributed by atoms with Crippen molar-refractivity contribution >= 4 is 0 Å². The molecule has 2 aliphatic rings. The van der Waals surface area contributed by atoms with Gasteiger partial charge in [-0.15, -0.1) is 0 Å². The Bertz CT molecular complexity index is 575. The quantitative estimate of drug-likeness (QED) is 0.818. The summed E-state index contributed by atoms with van der Waals surface area (Å²) < 4.78 is 0. The molecule has 96 valence electrons. The van der Waals surface area contributed by atoms with E-state index in [1.807, 2.05) is 0 Å². The maximum atomic E-state index is 3.60. The molecule has 1 fully saturated rings. The number of fused-ring (bicyclic) bond motifs is 2. The average molecular weight is 249 g/mol. The number of hydrogen-bond acceptors (Lipinski definition) is 1. The molecule has 2 aromatic rings. The molecule has 3 atom stereocenters. The molecule has 3 unspecified atom stereocenters. The molecule has 1 aliphatic carbocycles. The van der Waals surface area contributed by atoms with E-state index in [9.17, 15) is 0 Å². The maximum Gasteiger partial charge on any atom is 0.0136 e. The van der Waals surface area contributed by atoms with Gasteiger partial charge in [0.15, 0.2) is 0 Å². The van der Waals surface area contributed by atoms with Crippen LogP contribution in [-0.2, 0) is 6.42 Å². The third-order valence-corrected chi connectivity index (χ3v) is 4.85. The van der Waals surface area contributed by atoms with E-state index < -0.39 is 0 Å². The van der Waals surface area contributed by atoms with Crippen LogP contribution in [0.5, 0.6) is 0 Å². The summed E-state index contributed by atoms with van der Waals surface area (Å²) in [5, 5.41) is 3.60. The highest BCUT2D eigenvalue weighted by molar-refractivity contribution is 5.42. The first kappa shape index (κ1) is 11.2. The van der Waals surface area contributed by atoms with Crippen LogP contribution >= 0.6 is 0 Å². The van der Waals surface area contributed by atoms with E-state index in [-0.39, 0.29) is 0 Å². The first-order chi connectivity index (χ1) is 9.43. The van der Waals surface area contributed by atoms with Gasteiger partial charge in [0.1, 0.15) is 0 Å². The molecular formula is C18H19N. The first-order valence-electron chi connectivity index (χ1n) is 7.27. The molecule has 1 saturated heterocycles. The second-order valence-electron chi connectivity index (χ2n) is 5.87. The Balaban J connectivity index is 1.86. The van der Waals surface area contributed by atoms with Crippen LogP contribution in [0.25, 0.3) is 0 Å². The lowest BCUT2D eigenvalue weighted by Gasteiger charge is -2.35. The summed E-state index contributed by atoms with van der Waals surface area (Å²) in [7, 11) is 0. The number of nitrogens with one attached hydrogen (secondary N) is 1. The monoisotopic (exact) mass is 249 g/mol. The second kappa shape index (κ2) is 4.50. The van der Waals surface area contributed by atoms with Crippen LogP contribution < -0.4 is 5.32 Å². The van der Waals surface area contributed by atoms with Gasteiger partial charge in [0.25, 0.3) is 0 Å². The van der Waals surface area contributed by atoms with Crippen molar-refractivity contribution in [3.8, 4) is 0 Å². The topological polar surface area (TPSA) is 12.0 Å². The van der Waals surface area contributed by atoms with Gasteiger partial charge < -0.3 is 5.32 Å². The molecule has 0 aromatic heterocycles. The van der Waals surface area contributed by atoms with Gasteiger partial charge in [-0.05, 0) is 48.0 Å². The Morgan fingerprint density at radius 1 is 0.842 bits per heavy atom. The van der Waals surface area contributed by atoms with Crippen LogP contribution in [0.15, 0.2) is 54.6 Å². The van der Waals surface area contributed by atoms with Crippen molar-refractivity contribution in [3.63, 3.8) is 0 Å². The van der Waals surface area contributed by atoms with Gasteiger partial charge in [-0.1, -0.05) is 54.6 Å². The third kappa shape index (κ3) is 1.81. The van der Waals surface area contributed by atoms with Crippen LogP contribution in [0.1, 0.15) is 22.6 Å². The number of hydrogen-bond donors (Lipinski definition) is 1. The van der Waals surface area contributed by atoms with E-state index in [2.05, 4.69) is 59.9 Å². The second-order valence-corrected chi connectivity index (χ2v) is 5.87. The predicted molar refractivity (Wildman–Crippen MR) is 78.3 cm³/mol. The lowest BCUT2D eigenvalue weighted by atomic mass is 9.68. The van der Waals surface area contributed by atoms with Gasteiger partial charge in [0.05, 0.1) is 0 Å². The normalized spacial score (nSPS) is 28.7. The molecular weight excluding hydrogens is 230 g/mol. The summed E-state index contributed by atoms with van der Waals surface area (Å²) in [6.07, 6.45) is 1.25. The fourth-order valence-corrected chi connectivity index (χ4v) is 3.99. The molecule has 0 amide bonds. The largest absolute Gasteiger partial charge is 0.316 e. The first-order valence-corrected chi connectivity index (χ1v) is 7.27. The van der Waals surface area contributed by atoms with Crippen LogP contribution in [0, 0.1) is 11.8 Å². The molecule has 0 spiro atoms. The van der Waals surface area contributed by atoms with Gasteiger partial charge in [0.2, 0.25) is 0 Å². The number of benzene rings is 2. The standard InChI is InChI=1S/C18H19N/c1-2-6-13(7-3-1)18-16-9-5-4-8-14(16)10-15-11-19-12-17(15)18/h1-9,15,17-19H,10-12H2. The molecule has 2 aromatic carbocycles. The summed E-state index contributed by atoms with van der Waals surface area (Å²) in [6.45, 7) is 2.35. The van der Waals surface area contributed by atoms with E-state index in [0.717, 1.165) is 11.8 Å². The van der Waals surface area contributed by atoms with E-state index in [1.54, 1.807) is 11.1 Å². The lowest BCUT2D eigenvalue weighted by Crippen LogP contribution is -2.29. The summed E-state index contributed by atoms with van der Waals surface area (Å²) in [4.78, 5) is 0. The molecule has 1 heteroatoms. The Morgan fingerprint density at radius 3 is 2.53 bits per heavy atom. The van der Waals surface area contributed by atoms with Crippen molar-refractivity contribution in [2.45, 2.75) is 12.3 Å². The minimum absolute atomic E-state index is 0.575. The highest BCUT2D eigenvalue weighted by Crippen LogP contribution is 2.44. The molecule has 0 saturated carbocycles. The van der Waals surface area contributed by atoms with Crippen LogP contribution in [-0.4, -0.2) is 13.1 Å². The van der Waals surface area contributed by atoms with E-state index in [4.69, 9.17) is 0 Å². The Morgan fingerprint density at radius 2 is 1.63 bits per heavy atom. The van der Waals surface area contributed by atoms with Gasteiger partial charge in [-0.3, -0.25) is 0 Å². The van der Waals surface area contributed by atoms with Crippen molar-refractivity contribution in [2.24, 2.45) is 11.8 Å². The van der Waals surface area contributed by atoms with E-state index in [1.165, 1.54) is 25.1 Å². The van der Waals surface area contributed by atoms with Crippen LogP contribution in [0.3, 0.4) is 0 Å². The molecule has 0 bridgehead atoms. The highest BCUT2D eigenvalue weighted by Gasteiger charge is 2.39. The van der Waals surface area contributed by atoms with Crippen molar-refractivity contribution in [2.75, 3.05) is 13.1 Å². The smallest absolute Gasteiger partial charge is 0.0136 e. The summed E-state index contributed by atoms with van der Waals surface area (Å²) in [5.41, 5.74) is 4.59. The zero-order valence-corrected chi connectivity index (χ0v) is 11.0. The van der Waals surface area contributed by atoms with Gasteiger partial charge in [-0.2, -0.15) is 0 Å². The van der Waals surface area contributed by atoms with Crippen molar-refractivity contribution in [1.82, 2.24) is 5.32 Å². The number of rotatable bonds is 1. The third-order valence-electron chi connectivity index (χ3n) is 4.85. The van der Waals surface area contributed by atoms with Crippen LogP contribution in [0.4, 0.5) is 0 Å². The summed E-state index contributed by atoms with van der Waals surface area (Å²) >= 11 is 0. The summed E-state index contributed by atoms with van der Waals surface area (Å²) in [5.74, 6) is 2.14. The summed E-state index contributed by atoms with van der Waals surface area (Å²) in [6, 6.07) is 20.1. The maximum absolute atomic E-state index is 3.60. The zero-order chi connectivity index (χ0) is 12.7. The molecule has 19 heavy (non-hydrogen) atoms. The van der Waals surface area contributed by atoms with Crippen molar-refractivity contribution in [1.29, 1.82) is 0 Å². The minimum atomic E-state index is 0.575. The fraction of sp³-hybridized carbons (Fsp3) is 0.333. The SMILES string of the molecule is c1ccc(C2c3ccccc3CC3CNCC32)cc1. The lowest BCUT2D eigenvalue weighted by molar-refractivity contribution is 0.353. The Labute approximate surface area is 114 Å². The van der Waals surface area contributed by atoms with Gasteiger partial charge >= 0.3 is 0 Å². The molecule has 1 nitrogen and oxygen atoms in total. The van der Waals surface area contributed by atoms with E-state index in [0.29, 0.717) is 5.92 Å². The Hall–Kier alpha value is -1.60. The van der Waals surface area contributed by atoms with Gasteiger partial charge in [-0.25, -0.2) is 0 Å². The molecule has 0 radical (unpaired) electrons. The van der Waals surface area contributed by atoms with Crippen molar-refractivity contribution in [3.05, 3.63) is 71.3 Å². The van der Waals surface area contributed by atoms with Crippen LogP contribution in [0.2, 0.25) is 0 Å². The highest BCUT2D eigenvalue weighted by atomic mass is 14.9. The van der Waals surface area contributed by atoms with Gasteiger partial charge in [0, 0.05) is 5.92 Å². The van der Waals surface area contributed by atoms with Crippen molar-refractivity contribution < 1.29 is 0 Å². The average Bonchev–Trinajstić information content (AvgIpc) is 2.93. The molecule has 1 heterocycles. The minimum Gasteiger partial charge on any atom is -0.316 e.